The number of aromatic nitrogens is 1. The van der Waals surface area contributed by atoms with Crippen LogP contribution in [0.15, 0.2) is 29.7 Å². The molecule has 1 aromatic rings. The minimum absolute atomic E-state index is 0.187. The lowest BCUT2D eigenvalue weighted by atomic mass is 10.1. The Labute approximate surface area is 128 Å². The summed E-state index contributed by atoms with van der Waals surface area (Å²) in [4.78, 5) is 25.0. The Bertz CT molecular complexity index is 613. The van der Waals surface area contributed by atoms with Crippen molar-refractivity contribution in [3.05, 3.63) is 41.1 Å². The van der Waals surface area contributed by atoms with Crippen molar-refractivity contribution in [2.45, 2.75) is 32.1 Å². The van der Waals surface area contributed by atoms with Gasteiger partial charge in [-0.25, -0.2) is 0 Å². The van der Waals surface area contributed by atoms with Crippen LogP contribution in [0.2, 0.25) is 0 Å². The summed E-state index contributed by atoms with van der Waals surface area (Å²) in [5, 5.41) is 11.3. The van der Waals surface area contributed by atoms with Crippen LogP contribution in [0.25, 0.3) is 6.08 Å². The average Bonchev–Trinajstić information content (AvgIpc) is 3.05. The number of nitrogens with one attached hydrogen (secondary N) is 2. The highest BCUT2D eigenvalue weighted by molar-refractivity contribution is 5.95. The van der Waals surface area contributed by atoms with Crippen molar-refractivity contribution in [3.8, 4) is 0 Å². The van der Waals surface area contributed by atoms with Gasteiger partial charge >= 0.3 is 5.97 Å². The van der Waals surface area contributed by atoms with Crippen molar-refractivity contribution in [3.63, 3.8) is 0 Å². The summed E-state index contributed by atoms with van der Waals surface area (Å²) in [7, 11) is 1.53. The number of carboxylic acid groups (broad SMARTS) is 1. The highest BCUT2D eigenvalue weighted by Gasteiger charge is 2.17. The second kappa shape index (κ2) is 7.49. The van der Waals surface area contributed by atoms with Crippen LogP contribution < -0.4 is 5.32 Å². The number of carbonyl (C=O) groups excluding carboxylic acids is 1. The van der Waals surface area contributed by atoms with E-state index < -0.39 is 5.97 Å². The fraction of sp³-hybridized carbons (Fsp3) is 0.375. The molecule has 0 atom stereocenters. The van der Waals surface area contributed by atoms with Crippen molar-refractivity contribution < 1.29 is 19.4 Å². The summed E-state index contributed by atoms with van der Waals surface area (Å²) in [6.45, 7) is 0. The topological polar surface area (TPSA) is 91.4 Å². The third kappa shape index (κ3) is 4.51. The van der Waals surface area contributed by atoms with Gasteiger partial charge in [-0.3, -0.25) is 9.59 Å². The number of aromatic amines is 1. The van der Waals surface area contributed by atoms with Crippen LogP contribution in [0.3, 0.4) is 0 Å². The van der Waals surface area contributed by atoms with Crippen LogP contribution in [0.1, 0.15) is 37.1 Å². The molecule has 0 saturated heterocycles. The second-order valence-corrected chi connectivity index (χ2v) is 5.15. The number of hydrogen-bond donors (Lipinski definition) is 3. The van der Waals surface area contributed by atoms with E-state index in [-0.39, 0.29) is 12.3 Å². The molecule has 0 saturated carbocycles. The molecule has 1 amide bonds. The van der Waals surface area contributed by atoms with E-state index in [1.807, 2.05) is 18.2 Å². The number of H-pyrrole nitrogens is 1. The number of aliphatic carboxylic acids is 1. The summed E-state index contributed by atoms with van der Waals surface area (Å²) in [6, 6.07) is 3.94. The summed E-state index contributed by atoms with van der Waals surface area (Å²) < 4.78 is 5.13. The van der Waals surface area contributed by atoms with E-state index in [0.29, 0.717) is 17.9 Å². The van der Waals surface area contributed by atoms with Crippen molar-refractivity contribution in [2.24, 2.45) is 0 Å². The van der Waals surface area contributed by atoms with Crippen LogP contribution in [0.5, 0.6) is 0 Å². The maximum atomic E-state index is 11.3. The van der Waals surface area contributed by atoms with Gasteiger partial charge < -0.3 is 20.1 Å². The SMILES string of the molecule is COC1=CC(=O)N/C1=C\c1ccc(CCCCCC(=O)O)[nH]1. The first-order valence-corrected chi connectivity index (χ1v) is 7.27. The maximum absolute atomic E-state index is 11.3. The van der Waals surface area contributed by atoms with Gasteiger partial charge in [-0.15, -0.1) is 0 Å². The molecule has 6 heteroatoms. The molecule has 2 heterocycles. The van der Waals surface area contributed by atoms with Gasteiger partial charge in [0.15, 0.2) is 0 Å². The predicted octanol–water partition coefficient (Wildman–Crippen LogP) is 2.20. The normalized spacial score (nSPS) is 15.8. The molecule has 0 aliphatic carbocycles. The van der Waals surface area contributed by atoms with Gasteiger partial charge in [0.05, 0.1) is 12.8 Å². The molecule has 1 aliphatic heterocycles. The molecule has 6 nitrogen and oxygen atoms in total. The van der Waals surface area contributed by atoms with Crippen LogP contribution in [-0.4, -0.2) is 29.1 Å². The van der Waals surface area contributed by atoms with E-state index >= 15 is 0 Å². The summed E-state index contributed by atoms with van der Waals surface area (Å²) >= 11 is 0. The highest BCUT2D eigenvalue weighted by atomic mass is 16.5. The third-order valence-electron chi connectivity index (χ3n) is 3.41. The first-order chi connectivity index (χ1) is 10.6. The summed E-state index contributed by atoms with van der Waals surface area (Å²) in [6.07, 6.45) is 6.90. The minimum atomic E-state index is -0.741. The number of ether oxygens (including phenoxy) is 1. The second-order valence-electron chi connectivity index (χ2n) is 5.15. The molecule has 3 N–H and O–H groups in total. The number of methoxy groups -OCH3 is 1. The van der Waals surface area contributed by atoms with Gasteiger partial charge in [0, 0.05) is 23.9 Å². The van der Waals surface area contributed by atoms with Crippen LogP contribution in [0, 0.1) is 0 Å². The molecule has 0 fully saturated rings. The number of aryl methyl sites for hydroxylation is 1. The Morgan fingerprint density at radius 1 is 1.32 bits per heavy atom. The van der Waals surface area contributed by atoms with Gasteiger partial charge in [0.25, 0.3) is 5.91 Å². The van der Waals surface area contributed by atoms with Crippen molar-refractivity contribution in [1.82, 2.24) is 10.3 Å². The minimum Gasteiger partial charge on any atom is -0.494 e. The Balaban J connectivity index is 1.85. The van der Waals surface area contributed by atoms with Gasteiger partial charge in [-0.1, -0.05) is 6.42 Å². The lowest BCUT2D eigenvalue weighted by Crippen LogP contribution is -2.13. The average molecular weight is 304 g/mol. The predicted molar refractivity (Wildman–Crippen MR) is 81.8 cm³/mol. The number of carboxylic acids is 1. The van der Waals surface area contributed by atoms with E-state index in [9.17, 15) is 9.59 Å². The molecule has 1 aromatic heterocycles. The standard InChI is InChI=1S/C16H20N2O4/c1-22-14-10-15(19)18-13(14)9-12-8-7-11(17-12)5-3-2-4-6-16(20)21/h7-10,17H,2-6H2,1H3,(H,18,19)(H,20,21)/b13-9-. The number of amides is 1. The van der Waals surface area contributed by atoms with Crippen molar-refractivity contribution in [1.29, 1.82) is 0 Å². The van der Waals surface area contributed by atoms with E-state index in [1.165, 1.54) is 13.2 Å². The van der Waals surface area contributed by atoms with Crippen molar-refractivity contribution >= 4 is 18.0 Å². The number of unbranched alkanes of at least 4 members (excludes halogenated alkanes) is 2. The molecule has 22 heavy (non-hydrogen) atoms. The summed E-state index contributed by atoms with van der Waals surface area (Å²) in [5.74, 6) is -0.405. The number of carbonyl (C=O) groups is 2. The zero-order chi connectivity index (χ0) is 15.9. The fourth-order valence-corrected chi connectivity index (χ4v) is 2.32. The Morgan fingerprint density at radius 2 is 2.14 bits per heavy atom. The zero-order valence-corrected chi connectivity index (χ0v) is 12.5. The number of rotatable bonds is 8. The van der Waals surface area contributed by atoms with E-state index in [0.717, 1.165) is 30.7 Å². The molecule has 2 rings (SSSR count). The lowest BCUT2D eigenvalue weighted by Gasteiger charge is -2.03. The molecular weight excluding hydrogens is 284 g/mol. The smallest absolute Gasteiger partial charge is 0.303 e. The Kier molecular flexibility index (Phi) is 5.41. The Morgan fingerprint density at radius 3 is 2.86 bits per heavy atom. The fourth-order valence-electron chi connectivity index (χ4n) is 2.32. The first-order valence-electron chi connectivity index (χ1n) is 7.27. The van der Waals surface area contributed by atoms with Gasteiger partial charge in [-0.05, 0) is 37.5 Å². The van der Waals surface area contributed by atoms with Crippen LogP contribution >= 0.6 is 0 Å². The Hall–Kier alpha value is -2.50. The molecule has 0 bridgehead atoms. The van der Waals surface area contributed by atoms with Gasteiger partial charge in [-0.2, -0.15) is 0 Å². The molecule has 1 aliphatic rings. The molecule has 0 unspecified atom stereocenters. The monoisotopic (exact) mass is 304 g/mol. The van der Waals surface area contributed by atoms with Crippen LogP contribution in [-0.2, 0) is 20.7 Å². The van der Waals surface area contributed by atoms with E-state index in [2.05, 4.69) is 10.3 Å². The molecule has 118 valence electrons. The maximum Gasteiger partial charge on any atom is 0.303 e. The summed E-state index contributed by atoms with van der Waals surface area (Å²) in [5.41, 5.74) is 2.62. The largest absolute Gasteiger partial charge is 0.494 e. The third-order valence-corrected chi connectivity index (χ3v) is 3.41. The number of hydrogen-bond acceptors (Lipinski definition) is 3. The van der Waals surface area contributed by atoms with Crippen molar-refractivity contribution in [2.75, 3.05) is 7.11 Å². The first kappa shape index (κ1) is 15.9. The molecule has 0 aromatic carbocycles. The van der Waals surface area contributed by atoms with E-state index in [1.54, 1.807) is 0 Å². The molecule has 0 radical (unpaired) electrons. The molecule has 0 spiro atoms. The van der Waals surface area contributed by atoms with Crippen LogP contribution in [0.4, 0.5) is 0 Å². The van der Waals surface area contributed by atoms with E-state index in [4.69, 9.17) is 9.84 Å². The highest BCUT2D eigenvalue weighted by Crippen LogP contribution is 2.18. The molecular formula is C16H20N2O4. The van der Waals surface area contributed by atoms with Gasteiger partial charge in [0.1, 0.15) is 5.76 Å². The quantitative estimate of drug-likeness (QED) is 0.642. The van der Waals surface area contributed by atoms with Gasteiger partial charge in [0.2, 0.25) is 0 Å². The lowest BCUT2D eigenvalue weighted by molar-refractivity contribution is -0.137. The zero-order valence-electron chi connectivity index (χ0n) is 12.5.